The summed E-state index contributed by atoms with van der Waals surface area (Å²) in [5.74, 6) is 1.74. The molecule has 0 saturated carbocycles. The van der Waals surface area contributed by atoms with Gasteiger partial charge in [-0.05, 0) is 59.8 Å². The Labute approximate surface area is 228 Å². The summed E-state index contributed by atoms with van der Waals surface area (Å²) in [6.45, 7) is 14.6. The highest BCUT2D eigenvalue weighted by molar-refractivity contribution is 7.81. The first-order chi connectivity index (χ1) is 17.8. The smallest absolute Gasteiger partial charge is 0.128 e. The van der Waals surface area contributed by atoms with Gasteiger partial charge in [-0.25, -0.2) is 0 Å². The first kappa shape index (κ1) is 29.6. The lowest BCUT2D eigenvalue weighted by Gasteiger charge is -2.33. The number of phenols is 2. The Hall–Kier alpha value is -2.91. The van der Waals surface area contributed by atoms with Crippen molar-refractivity contribution in [2.75, 3.05) is 20.4 Å². The van der Waals surface area contributed by atoms with E-state index in [4.69, 9.17) is 14.2 Å². The van der Waals surface area contributed by atoms with E-state index in [1.165, 1.54) is 0 Å². The second-order valence-corrected chi connectivity index (χ2v) is 15.0. The van der Waals surface area contributed by atoms with Gasteiger partial charge >= 0.3 is 0 Å². The Bertz CT molecular complexity index is 1240. The van der Waals surface area contributed by atoms with Crippen molar-refractivity contribution in [1.82, 2.24) is 0 Å². The van der Waals surface area contributed by atoms with Gasteiger partial charge in [0.2, 0.25) is 0 Å². The highest BCUT2D eigenvalue weighted by atomic mass is 31.2. The van der Waals surface area contributed by atoms with Crippen LogP contribution in [0.25, 0.3) is 0 Å². The Kier molecular flexibility index (Phi) is 8.93. The van der Waals surface area contributed by atoms with E-state index < -0.39 is 7.05 Å². The molecular formula is C32H44NO4P. The molecule has 5 nitrogen and oxygen atoms in total. The zero-order valence-corrected chi connectivity index (χ0v) is 25.3. The summed E-state index contributed by atoms with van der Waals surface area (Å²) in [5.41, 5.74) is 1.70. The molecule has 6 heteroatoms. The molecule has 0 unspecified atom stereocenters. The first-order valence-corrected chi connectivity index (χ1v) is 15.2. The van der Waals surface area contributed by atoms with Gasteiger partial charge < -0.3 is 19.7 Å². The predicted octanol–water partition coefficient (Wildman–Crippen LogP) is 7.99. The molecule has 3 rings (SSSR count). The molecule has 0 aromatic heterocycles. The second-order valence-electron chi connectivity index (χ2n) is 11.9. The lowest BCUT2D eigenvalue weighted by atomic mass is 9.86. The molecule has 3 aromatic rings. The third-order valence-corrected chi connectivity index (χ3v) is 10.7. The van der Waals surface area contributed by atoms with Crippen molar-refractivity contribution in [2.45, 2.75) is 72.1 Å². The summed E-state index contributed by atoms with van der Waals surface area (Å²) >= 11 is 0. The zero-order chi connectivity index (χ0) is 28.3. The van der Waals surface area contributed by atoms with Gasteiger partial charge in [0.15, 0.2) is 0 Å². The molecule has 3 aromatic carbocycles. The van der Waals surface area contributed by atoms with E-state index in [9.17, 15) is 10.2 Å². The molecule has 0 aliphatic heterocycles. The van der Waals surface area contributed by atoms with E-state index in [2.05, 4.69) is 48.5 Å². The highest BCUT2D eigenvalue weighted by Crippen LogP contribution is 2.57. The van der Waals surface area contributed by atoms with E-state index in [-0.39, 0.29) is 22.3 Å². The first-order valence-electron chi connectivity index (χ1n) is 13.3. The van der Waals surface area contributed by atoms with Gasteiger partial charge in [0, 0.05) is 28.8 Å². The molecule has 0 radical (unpaired) electrons. The Balaban J connectivity index is 2.64. The molecule has 0 atom stereocenters. The van der Waals surface area contributed by atoms with Gasteiger partial charge in [0.25, 0.3) is 0 Å². The minimum Gasteiger partial charge on any atom is -0.507 e. The number of unbranched alkanes of at least 4 members (excludes halogenated alkanes) is 1. The Morgan fingerprint density at radius 1 is 0.737 bits per heavy atom. The van der Waals surface area contributed by atoms with Gasteiger partial charge in [0.1, 0.15) is 23.0 Å². The average Bonchev–Trinajstić information content (AvgIpc) is 2.86. The van der Waals surface area contributed by atoms with Crippen molar-refractivity contribution >= 4 is 23.4 Å². The van der Waals surface area contributed by atoms with Gasteiger partial charge in [0.05, 0.1) is 19.9 Å². The fourth-order valence-electron chi connectivity index (χ4n) is 4.74. The topological polar surface area (TPSA) is 71.3 Å². The fourth-order valence-corrected chi connectivity index (χ4v) is 8.72. The summed E-state index contributed by atoms with van der Waals surface area (Å²) in [6, 6.07) is 17.5. The third-order valence-electron chi connectivity index (χ3n) is 6.89. The molecular weight excluding hydrogens is 493 g/mol. The predicted molar refractivity (Wildman–Crippen MR) is 161 cm³/mol. The summed E-state index contributed by atoms with van der Waals surface area (Å²) in [5, 5.41) is 25.4. The monoisotopic (exact) mass is 537 g/mol. The quantitative estimate of drug-likeness (QED) is 0.286. The van der Waals surface area contributed by atoms with Crippen LogP contribution in [0.2, 0.25) is 0 Å². The molecule has 38 heavy (non-hydrogen) atoms. The molecule has 0 heterocycles. The second kappa shape index (κ2) is 11.5. The van der Waals surface area contributed by atoms with E-state index in [1.807, 2.05) is 54.6 Å². The van der Waals surface area contributed by atoms with E-state index >= 15 is 0 Å². The van der Waals surface area contributed by atoms with Crippen LogP contribution >= 0.6 is 7.05 Å². The van der Waals surface area contributed by atoms with Crippen LogP contribution in [0.5, 0.6) is 23.0 Å². The minimum atomic E-state index is -2.82. The van der Waals surface area contributed by atoms with Crippen molar-refractivity contribution in [2.24, 2.45) is 4.74 Å². The number of nitrogens with zero attached hydrogens (tertiary/aromatic N) is 1. The van der Waals surface area contributed by atoms with Crippen molar-refractivity contribution in [3.8, 4) is 23.0 Å². The third kappa shape index (κ3) is 6.04. The maximum Gasteiger partial charge on any atom is 0.128 e. The Morgan fingerprint density at radius 3 is 1.55 bits per heavy atom. The maximum atomic E-state index is 12.0. The number of ether oxygens (including phenoxy) is 2. The van der Waals surface area contributed by atoms with Gasteiger partial charge in [-0.15, -0.1) is 0 Å². The van der Waals surface area contributed by atoms with Crippen molar-refractivity contribution < 1.29 is 19.7 Å². The summed E-state index contributed by atoms with van der Waals surface area (Å²) in [6.07, 6.45) is 2.49. The van der Waals surface area contributed by atoms with Crippen LogP contribution in [0.3, 0.4) is 0 Å². The van der Waals surface area contributed by atoms with Crippen LogP contribution in [0.4, 0.5) is 5.69 Å². The molecule has 0 amide bonds. The molecule has 0 bridgehead atoms. The van der Waals surface area contributed by atoms with E-state index in [1.54, 1.807) is 14.2 Å². The van der Waals surface area contributed by atoms with Crippen molar-refractivity contribution in [3.05, 3.63) is 65.7 Å². The SMILES string of the molecule is CCCCP(=Nc1ccccc1)(c1cc(OC)cc(C(C)(C)C)c1O)c1cc(OC)cc(C(C)(C)C)c1O. The molecule has 0 aliphatic rings. The lowest BCUT2D eigenvalue weighted by Crippen LogP contribution is -2.25. The van der Waals surface area contributed by atoms with Gasteiger partial charge in [-0.2, -0.15) is 0 Å². The van der Waals surface area contributed by atoms with Crippen molar-refractivity contribution in [3.63, 3.8) is 0 Å². The largest absolute Gasteiger partial charge is 0.507 e. The average molecular weight is 538 g/mol. The van der Waals surface area contributed by atoms with Crippen LogP contribution < -0.4 is 20.1 Å². The van der Waals surface area contributed by atoms with Crippen molar-refractivity contribution in [1.29, 1.82) is 0 Å². The zero-order valence-electron chi connectivity index (χ0n) is 24.4. The normalized spacial score (nSPS) is 12.3. The summed E-state index contributed by atoms with van der Waals surface area (Å²) in [7, 11) is 0.463. The number of hydrogen-bond donors (Lipinski definition) is 2. The van der Waals surface area contributed by atoms with Gasteiger partial charge in [-0.1, -0.05) is 73.1 Å². The maximum absolute atomic E-state index is 12.0. The van der Waals surface area contributed by atoms with Gasteiger partial charge in [-0.3, -0.25) is 4.74 Å². The molecule has 2 N–H and O–H groups in total. The van der Waals surface area contributed by atoms with Crippen LogP contribution in [-0.4, -0.2) is 30.6 Å². The number of aromatic hydroxyl groups is 2. The number of hydrogen-bond acceptors (Lipinski definition) is 5. The fraction of sp³-hybridized carbons (Fsp3) is 0.438. The van der Waals surface area contributed by atoms with Crippen LogP contribution in [0, 0.1) is 0 Å². The number of phenolic OH excluding ortho intramolecular Hbond substituents is 2. The standard InChI is InChI=1S/C32H44NO4P/c1-10-11-17-38(33-22-15-13-12-14-16-22,27-20-23(36-8)18-25(29(27)34)31(2,3)4)28-21-24(37-9)19-26(30(28)35)32(5,6)7/h12-16,18-21,34-35H,10-11,17H2,1-9H3. The molecule has 206 valence electrons. The molecule has 0 saturated heterocycles. The Morgan fingerprint density at radius 2 is 1.18 bits per heavy atom. The van der Waals surface area contributed by atoms with Crippen LogP contribution in [0.15, 0.2) is 59.3 Å². The van der Waals surface area contributed by atoms with Crippen LogP contribution in [0.1, 0.15) is 72.4 Å². The molecule has 0 aliphatic carbocycles. The summed E-state index contributed by atoms with van der Waals surface area (Å²) < 4.78 is 17.0. The van der Waals surface area contributed by atoms with E-state index in [0.29, 0.717) is 28.3 Å². The number of rotatable bonds is 8. The highest BCUT2D eigenvalue weighted by Gasteiger charge is 2.36. The summed E-state index contributed by atoms with van der Waals surface area (Å²) in [4.78, 5) is 0. The van der Waals surface area contributed by atoms with Crippen LogP contribution in [-0.2, 0) is 10.8 Å². The lowest BCUT2D eigenvalue weighted by molar-refractivity contribution is 0.407. The van der Waals surface area contributed by atoms with E-state index in [0.717, 1.165) is 29.7 Å². The number of methoxy groups -OCH3 is 2. The minimum absolute atomic E-state index is 0.210. The molecule has 0 spiro atoms. The molecule has 0 fully saturated rings. The number of benzene rings is 3.